The number of rotatable bonds is 13. The Hall–Kier alpha value is -5.61. The van der Waals surface area contributed by atoms with Gasteiger partial charge in [-0.25, -0.2) is 17.6 Å². The fourth-order valence-electron chi connectivity index (χ4n) is 12.0. The van der Waals surface area contributed by atoms with Crippen molar-refractivity contribution in [3.8, 4) is 23.0 Å². The monoisotopic (exact) mass is 1270 g/mol. The lowest BCUT2D eigenvalue weighted by Crippen LogP contribution is -2.50. The number of hydrogen-bond donors (Lipinski definition) is 4. The molecule has 6 aliphatic rings. The lowest BCUT2D eigenvalue weighted by atomic mass is 9.74. The summed E-state index contributed by atoms with van der Waals surface area (Å²) >= 11 is 0. The number of fused-ring (bicyclic) bond motifs is 4. The topological polar surface area (TPSA) is 172 Å². The Labute approximate surface area is 493 Å². The van der Waals surface area contributed by atoms with Gasteiger partial charge in [0.15, 0.2) is 11.9 Å². The minimum atomic E-state index is -5.11. The van der Waals surface area contributed by atoms with Crippen LogP contribution in [-0.4, -0.2) is 102 Å². The molecule has 6 atom stereocenters. The molecule has 0 bridgehead atoms. The van der Waals surface area contributed by atoms with Gasteiger partial charge in [0.1, 0.15) is 58.7 Å². The van der Waals surface area contributed by atoms with Crippen molar-refractivity contribution in [1.29, 1.82) is 0 Å². The SMILES string of the molecule is CC(C)(C[C@@]1(C(F)(F)F)O[C@@H]1N)c1cc(F)cc2c1OCC2.CC(C)(C[C@](C)(O)C(F)(F)F)c1cc(F)cc2c1OCC2.CC(C)(C[C@](O)(C=O)C(F)(F)F)c1cc(F)cc2c1OCC2.CC(C)(C[C@]1(C(F)(F)F)O[C@H]1N)c1cc(F)cc2c1OCC2.[H+].[H+]. The van der Waals surface area contributed by atoms with Crippen molar-refractivity contribution >= 4 is 6.29 Å². The third kappa shape index (κ3) is 14.1. The molecule has 0 unspecified atom stereocenters. The first-order valence-corrected chi connectivity index (χ1v) is 27.5. The van der Waals surface area contributed by atoms with E-state index in [4.69, 9.17) is 39.9 Å². The molecule has 2 fully saturated rings. The van der Waals surface area contributed by atoms with E-state index in [-0.39, 0.29) is 21.3 Å². The van der Waals surface area contributed by atoms with Gasteiger partial charge in [-0.3, -0.25) is 4.79 Å². The van der Waals surface area contributed by atoms with Gasteiger partial charge in [0, 0.05) is 76.6 Å². The highest BCUT2D eigenvalue weighted by Gasteiger charge is 2.74. The molecular weight excluding hydrogens is 1200 g/mol. The van der Waals surface area contributed by atoms with Gasteiger partial charge >= 0.3 is 27.6 Å². The zero-order valence-corrected chi connectivity index (χ0v) is 48.8. The summed E-state index contributed by atoms with van der Waals surface area (Å²) in [4.78, 5) is 10.8. The molecule has 87 heavy (non-hydrogen) atoms. The van der Waals surface area contributed by atoms with Crippen LogP contribution in [0.15, 0.2) is 48.5 Å². The molecule has 0 radical (unpaired) electrons. The number of aliphatic hydroxyl groups is 2. The van der Waals surface area contributed by atoms with Gasteiger partial charge in [0.2, 0.25) is 16.8 Å². The second kappa shape index (κ2) is 23.3. The van der Waals surface area contributed by atoms with Crippen molar-refractivity contribution in [3.63, 3.8) is 0 Å². The lowest BCUT2D eigenvalue weighted by molar-refractivity contribution is -0.259. The van der Waals surface area contributed by atoms with Gasteiger partial charge < -0.3 is 50.1 Å². The fraction of sp³-hybridized carbons (Fsp3) is 0.583. The molecule has 11 nitrogen and oxygen atoms in total. The standard InChI is InChI=1S/2C15H17F4NO2.C15H16F4O3.C15H18F4O2/c2*1-13(2,7-14(12(20)22-14)15(17,18)19)10-6-9(16)5-8-3-4-21-11(8)10;1-13(2,7-14(21,8-20)15(17,18)19)11-6-10(16)5-9-3-4-22-12(9)11;1-13(2,8-14(3,20)15(17,18)19)11-7-10(16)6-9-4-5-21-12(9)11/h2*5-6,12H,3-4,7,20H2,1-2H3;5-6,8,21H,3-4,7H2,1-2H3;6-7,20H,4-5,8H2,1-3H3/p+2/t2*12-,14+;2*14-/m1000/s1. The largest absolute Gasteiger partial charge is 1.00 e. The van der Waals surface area contributed by atoms with Crippen LogP contribution in [0.1, 0.15) is 135 Å². The van der Waals surface area contributed by atoms with Gasteiger partial charge in [-0.2, -0.15) is 52.7 Å². The van der Waals surface area contributed by atoms with Crippen LogP contribution in [-0.2, 0) is 61.6 Å². The highest BCUT2D eigenvalue weighted by atomic mass is 19.4. The predicted octanol–water partition coefficient (Wildman–Crippen LogP) is 13.0. The second-order valence-corrected chi connectivity index (χ2v) is 25.6. The Morgan fingerprint density at radius 3 is 0.931 bits per heavy atom. The molecule has 0 aromatic heterocycles. The zero-order valence-electron chi connectivity index (χ0n) is 50.8. The molecular formula is C60H70F16N2O9+2. The van der Waals surface area contributed by atoms with E-state index in [1.165, 1.54) is 56.3 Å². The molecule has 0 spiro atoms. The van der Waals surface area contributed by atoms with E-state index >= 15 is 0 Å². The number of aldehydes is 1. The van der Waals surface area contributed by atoms with Crippen LogP contribution < -0.4 is 30.4 Å². The first-order valence-electron chi connectivity index (χ1n) is 27.5. The van der Waals surface area contributed by atoms with Crippen molar-refractivity contribution in [1.82, 2.24) is 0 Å². The molecule has 0 saturated carbocycles. The Balaban J connectivity index is 0.000000214. The van der Waals surface area contributed by atoms with Gasteiger partial charge in [-0.05, 0) is 96.4 Å². The number of alkyl halides is 12. The molecule has 6 N–H and O–H groups in total. The Kier molecular flexibility index (Phi) is 18.5. The zero-order chi connectivity index (χ0) is 65.5. The number of epoxide rings is 2. The number of carbonyl (C=O) groups excluding carboxylic acids is 1. The smallest absolute Gasteiger partial charge is 0.493 e. The summed E-state index contributed by atoms with van der Waals surface area (Å²) in [6, 6.07) is 10.1. The van der Waals surface area contributed by atoms with E-state index in [0.717, 1.165) is 13.0 Å². The molecule has 4 aromatic rings. The van der Waals surface area contributed by atoms with Crippen LogP contribution in [0.5, 0.6) is 23.0 Å². The maximum Gasteiger partial charge on any atom is 1.00 e. The third-order valence-electron chi connectivity index (χ3n) is 16.6. The molecule has 6 aliphatic heterocycles. The van der Waals surface area contributed by atoms with Crippen molar-refractivity contribution < 1.29 is 117 Å². The highest BCUT2D eigenvalue weighted by molar-refractivity contribution is 5.64. The van der Waals surface area contributed by atoms with Crippen LogP contribution in [0, 0.1) is 23.3 Å². The van der Waals surface area contributed by atoms with Gasteiger partial charge in [0.25, 0.3) is 0 Å². The summed E-state index contributed by atoms with van der Waals surface area (Å²) in [5.74, 6) is -0.302. The Morgan fingerprint density at radius 2 is 0.713 bits per heavy atom. The summed E-state index contributed by atoms with van der Waals surface area (Å²) in [5.41, 5.74) is -0.727. The average Bonchev–Trinajstić information content (AvgIpc) is 1.60. The van der Waals surface area contributed by atoms with Crippen molar-refractivity contribution in [2.75, 3.05) is 26.4 Å². The molecule has 0 amide bonds. The molecule has 0 aliphatic carbocycles. The summed E-state index contributed by atoms with van der Waals surface area (Å²) in [6.07, 6.45) is -22.4. The first kappa shape index (κ1) is 68.9. The molecule has 484 valence electrons. The van der Waals surface area contributed by atoms with Crippen molar-refractivity contribution in [3.05, 3.63) is 116 Å². The Bertz CT molecular complexity index is 3120. The summed E-state index contributed by atoms with van der Waals surface area (Å²) in [7, 11) is 0. The van der Waals surface area contributed by atoms with Crippen molar-refractivity contribution in [2.45, 2.75) is 195 Å². The van der Waals surface area contributed by atoms with Crippen LogP contribution >= 0.6 is 0 Å². The summed E-state index contributed by atoms with van der Waals surface area (Å²) in [5, 5.41) is 19.3. The molecule has 10 rings (SSSR count). The number of nitrogens with two attached hydrogens (primary N) is 2. The van der Waals surface area contributed by atoms with E-state index < -0.39 is 124 Å². The summed E-state index contributed by atoms with van der Waals surface area (Å²) in [6.45, 7) is 14.6. The number of carbonyl (C=O) groups is 1. The quantitative estimate of drug-likeness (QED) is 0.0570. The second-order valence-electron chi connectivity index (χ2n) is 25.6. The van der Waals surface area contributed by atoms with E-state index in [2.05, 4.69) is 0 Å². The lowest BCUT2D eigenvalue weighted by Gasteiger charge is -2.36. The minimum absolute atomic E-state index is 0. The van der Waals surface area contributed by atoms with Crippen molar-refractivity contribution in [2.24, 2.45) is 11.5 Å². The number of ether oxygens (including phenoxy) is 6. The average molecular weight is 1270 g/mol. The maximum atomic E-state index is 13.8. The van der Waals surface area contributed by atoms with Gasteiger partial charge in [-0.15, -0.1) is 0 Å². The molecule has 6 heterocycles. The third-order valence-corrected chi connectivity index (χ3v) is 16.6. The number of hydrogen-bond acceptors (Lipinski definition) is 11. The summed E-state index contributed by atoms with van der Waals surface area (Å²) < 4.78 is 243. The highest BCUT2D eigenvalue weighted by Crippen LogP contribution is 2.57. The molecule has 2 saturated heterocycles. The molecule has 27 heteroatoms. The van der Waals surface area contributed by atoms with Crippen LogP contribution in [0.4, 0.5) is 70.2 Å². The first-order chi connectivity index (χ1) is 39.6. The number of halogens is 16. The van der Waals surface area contributed by atoms with E-state index in [1.54, 1.807) is 41.5 Å². The Morgan fingerprint density at radius 1 is 0.460 bits per heavy atom. The van der Waals surface area contributed by atoms with E-state index in [9.17, 15) is 85.3 Å². The minimum Gasteiger partial charge on any atom is -0.493 e. The normalized spacial score (nSPS) is 22.7. The maximum absolute atomic E-state index is 13.8. The number of benzene rings is 4. The molecule has 4 aromatic carbocycles. The van der Waals surface area contributed by atoms with E-state index in [0.29, 0.717) is 114 Å². The predicted molar refractivity (Wildman–Crippen MR) is 285 cm³/mol. The fourth-order valence-corrected chi connectivity index (χ4v) is 12.0. The van der Waals surface area contributed by atoms with Crippen LogP contribution in [0.2, 0.25) is 0 Å². The van der Waals surface area contributed by atoms with Gasteiger partial charge in [-0.1, -0.05) is 55.4 Å². The van der Waals surface area contributed by atoms with Gasteiger partial charge in [0.05, 0.1) is 26.4 Å². The van der Waals surface area contributed by atoms with Crippen LogP contribution in [0.25, 0.3) is 0 Å². The van der Waals surface area contributed by atoms with Crippen LogP contribution in [0.3, 0.4) is 0 Å². The van der Waals surface area contributed by atoms with E-state index in [1.807, 2.05) is 0 Å².